The number of urea groups is 1. The largest absolute Gasteiger partial charge is 0.486 e. The second-order valence-corrected chi connectivity index (χ2v) is 7.70. The van der Waals surface area contributed by atoms with Gasteiger partial charge in [-0.05, 0) is 31.9 Å². The third-order valence-corrected chi connectivity index (χ3v) is 5.69. The van der Waals surface area contributed by atoms with E-state index in [-0.39, 0.29) is 36.3 Å². The molecule has 0 bridgehead atoms. The van der Waals surface area contributed by atoms with Crippen LogP contribution in [0.2, 0.25) is 0 Å². The van der Waals surface area contributed by atoms with Crippen LogP contribution < -0.4 is 19.7 Å². The van der Waals surface area contributed by atoms with E-state index in [1.165, 1.54) is 0 Å². The highest BCUT2D eigenvalue weighted by Crippen LogP contribution is 2.35. The van der Waals surface area contributed by atoms with Crippen molar-refractivity contribution in [1.29, 1.82) is 0 Å². The second kappa shape index (κ2) is 8.81. The zero-order valence-corrected chi connectivity index (χ0v) is 17.1. The average molecular weight is 417 g/mol. The van der Waals surface area contributed by atoms with Crippen molar-refractivity contribution in [3.8, 4) is 11.5 Å². The molecule has 162 valence electrons. The van der Waals surface area contributed by atoms with E-state index in [0.29, 0.717) is 63.8 Å². The average Bonchev–Trinajstić information content (AvgIpc) is 3.13. The fourth-order valence-corrected chi connectivity index (χ4v) is 4.10. The molecular formula is C21H27N3O6. The van der Waals surface area contributed by atoms with Gasteiger partial charge in [0.2, 0.25) is 5.91 Å². The van der Waals surface area contributed by atoms with Crippen LogP contribution in [0.15, 0.2) is 18.2 Å². The van der Waals surface area contributed by atoms with Gasteiger partial charge >= 0.3 is 12.0 Å². The number of likely N-dealkylation sites (tertiary alicyclic amines) is 1. The van der Waals surface area contributed by atoms with E-state index in [4.69, 9.17) is 14.2 Å². The fourth-order valence-electron chi connectivity index (χ4n) is 4.10. The van der Waals surface area contributed by atoms with Gasteiger partial charge in [-0.15, -0.1) is 0 Å². The van der Waals surface area contributed by atoms with Gasteiger partial charge in [-0.1, -0.05) is 0 Å². The topological polar surface area (TPSA) is 97.4 Å². The molecule has 0 saturated carbocycles. The van der Waals surface area contributed by atoms with E-state index in [9.17, 15) is 14.4 Å². The molecule has 0 spiro atoms. The highest BCUT2D eigenvalue weighted by Gasteiger charge is 2.34. The summed E-state index contributed by atoms with van der Waals surface area (Å²) in [6.45, 7) is 4.57. The second-order valence-electron chi connectivity index (χ2n) is 7.70. The molecule has 2 saturated heterocycles. The Kier molecular flexibility index (Phi) is 5.96. The molecular weight excluding hydrogens is 390 g/mol. The monoisotopic (exact) mass is 417 g/mol. The lowest BCUT2D eigenvalue weighted by molar-refractivity contribution is -0.149. The maximum atomic E-state index is 12.6. The summed E-state index contributed by atoms with van der Waals surface area (Å²) in [6.07, 6.45) is 1.44. The van der Waals surface area contributed by atoms with Crippen molar-refractivity contribution in [3.05, 3.63) is 18.2 Å². The quantitative estimate of drug-likeness (QED) is 0.747. The van der Waals surface area contributed by atoms with Gasteiger partial charge in [0.15, 0.2) is 11.5 Å². The zero-order chi connectivity index (χ0) is 21.1. The maximum Gasteiger partial charge on any atom is 0.317 e. The van der Waals surface area contributed by atoms with E-state index in [1.54, 1.807) is 28.9 Å². The number of amides is 3. The maximum absolute atomic E-state index is 12.6. The molecule has 3 amide bonds. The Morgan fingerprint density at radius 2 is 1.90 bits per heavy atom. The summed E-state index contributed by atoms with van der Waals surface area (Å²) in [6, 6.07) is 4.98. The Morgan fingerprint density at radius 1 is 1.17 bits per heavy atom. The number of carbonyl (C=O) groups is 3. The summed E-state index contributed by atoms with van der Waals surface area (Å²) in [5.41, 5.74) is 0.733. The highest BCUT2D eigenvalue weighted by molar-refractivity contribution is 5.97. The number of esters is 1. The van der Waals surface area contributed by atoms with Crippen molar-refractivity contribution in [3.63, 3.8) is 0 Å². The summed E-state index contributed by atoms with van der Waals surface area (Å²) in [5, 5.41) is 2.96. The van der Waals surface area contributed by atoms with Gasteiger partial charge in [-0.2, -0.15) is 0 Å². The number of anilines is 1. The van der Waals surface area contributed by atoms with E-state index in [2.05, 4.69) is 5.32 Å². The summed E-state index contributed by atoms with van der Waals surface area (Å²) in [4.78, 5) is 40.4. The zero-order valence-electron chi connectivity index (χ0n) is 17.1. The van der Waals surface area contributed by atoms with Crippen LogP contribution in [0.1, 0.15) is 26.2 Å². The minimum absolute atomic E-state index is 0.0435. The first-order valence-corrected chi connectivity index (χ1v) is 10.5. The van der Waals surface area contributed by atoms with Gasteiger partial charge in [0, 0.05) is 37.8 Å². The smallest absolute Gasteiger partial charge is 0.317 e. The predicted octanol–water partition coefficient (Wildman–Crippen LogP) is 1.55. The van der Waals surface area contributed by atoms with Crippen LogP contribution in [0.4, 0.5) is 10.5 Å². The lowest BCUT2D eigenvalue weighted by Gasteiger charge is -2.31. The number of piperidine rings is 1. The van der Waals surface area contributed by atoms with Gasteiger partial charge < -0.3 is 29.3 Å². The molecule has 0 aromatic heterocycles. The van der Waals surface area contributed by atoms with Crippen LogP contribution in [0.3, 0.4) is 0 Å². The Labute approximate surface area is 175 Å². The molecule has 3 aliphatic rings. The Balaban J connectivity index is 1.31. The van der Waals surface area contributed by atoms with Crippen molar-refractivity contribution in [1.82, 2.24) is 10.2 Å². The van der Waals surface area contributed by atoms with Crippen LogP contribution >= 0.6 is 0 Å². The first-order chi connectivity index (χ1) is 14.5. The third-order valence-electron chi connectivity index (χ3n) is 5.69. The summed E-state index contributed by atoms with van der Waals surface area (Å²) < 4.78 is 16.2. The third kappa shape index (κ3) is 4.29. The molecule has 0 unspecified atom stereocenters. The van der Waals surface area contributed by atoms with Gasteiger partial charge in [0.25, 0.3) is 0 Å². The van der Waals surface area contributed by atoms with E-state index < -0.39 is 0 Å². The number of nitrogens with one attached hydrogen (secondary N) is 1. The molecule has 9 nitrogen and oxygen atoms in total. The Bertz CT molecular complexity index is 821. The lowest BCUT2D eigenvalue weighted by atomic mass is 9.97. The van der Waals surface area contributed by atoms with Crippen molar-refractivity contribution >= 4 is 23.6 Å². The molecule has 3 heterocycles. The van der Waals surface area contributed by atoms with E-state index in [0.717, 1.165) is 5.69 Å². The fraction of sp³-hybridized carbons (Fsp3) is 0.571. The molecule has 2 fully saturated rings. The molecule has 1 atom stereocenters. The number of benzene rings is 1. The van der Waals surface area contributed by atoms with Crippen LogP contribution in [0, 0.1) is 5.92 Å². The Morgan fingerprint density at radius 3 is 2.63 bits per heavy atom. The molecule has 1 aromatic rings. The summed E-state index contributed by atoms with van der Waals surface area (Å²) in [7, 11) is 0. The van der Waals surface area contributed by atoms with Crippen molar-refractivity contribution < 1.29 is 28.6 Å². The number of carbonyl (C=O) groups excluding carboxylic acids is 3. The van der Waals surface area contributed by atoms with E-state index >= 15 is 0 Å². The number of hydrogen-bond donors (Lipinski definition) is 1. The van der Waals surface area contributed by atoms with Crippen LogP contribution in [-0.4, -0.2) is 68.3 Å². The summed E-state index contributed by atoms with van der Waals surface area (Å²) in [5.74, 6) is 0.927. The Hall–Kier alpha value is -2.97. The molecule has 9 heteroatoms. The number of rotatable bonds is 4. The van der Waals surface area contributed by atoms with Crippen LogP contribution in [0.5, 0.6) is 11.5 Å². The first-order valence-electron chi connectivity index (χ1n) is 10.5. The number of nitrogens with zero attached hydrogens (tertiary/aromatic N) is 2. The van der Waals surface area contributed by atoms with Crippen molar-refractivity contribution in [2.45, 2.75) is 32.2 Å². The number of ether oxygens (including phenoxy) is 3. The molecule has 1 N–H and O–H groups in total. The molecule has 4 rings (SSSR count). The van der Waals surface area contributed by atoms with Gasteiger partial charge in [0.05, 0.1) is 18.6 Å². The number of hydrogen-bond acceptors (Lipinski definition) is 6. The van der Waals surface area contributed by atoms with E-state index in [1.807, 2.05) is 6.07 Å². The molecule has 3 aliphatic heterocycles. The SMILES string of the molecule is CCOC(=O)C1CCN(C(=O)N[C@H]2CC(=O)N(c3ccc4c(c3)OCCO4)C2)CC1. The molecule has 0 aliphatic carbocycles. The van der Waals surface area contributed by atoms with Crippen LogP contribution in [0.25, 0.3) is 0 Å². The van der Waals surface area contributed by atoms with Gasteiger partial charge in [-0.25, -0.2) is 4.79 Å². The van der Waals surface area contributed by atoms with Gasteiger partial charge in [0.1, 0.15) is 13.2 Å². The molecule has 0 radical (unpaired) electrons. The minimum Gasteiger partial charge on any atom is -0.486 e. The first kappa shape index (κ1) is 20.3. The lowest BCUT2D eigenvalue weighted by Crippen LogP contribution is -2.49. The van der Waals surface area contributed by atoms with Crippen LogP contribution in [-0.2, 0) is 14.3 Å². The van der Waals surface area contributed by atoms with Crippen molar-refractivity contribution in [2.24, 2.45) is 5.92 Å². The summed E-state index contributed by atoms with van der Waals surface area (Å²) >= 11 is 0. The highest BCUT2D eigenvalue weighted by atomic mass is 16.6. The molecule has 1 aromatic carbocycles. The minimum atomic E-state index is -0.263. The normalized spacial score (nSPS) is 21.5. The van der Waals surface area contributed by atoms with Crippen molar-refractivity contribution in [2.75, 3.05) is 44.4 Å². The molecule has 30 heavy (non-hydrogen) atoms. The number of fused-ring (bicyclic) bond motifs is 1. The standard InChI is InChI=1S/C21H27N3O6/c1-2-28-20(26)14-5-7-23(8-6-14)21(27)22-15-11-19(25)24(13-15)16-3-4-17-18(12-16)30-10-9-29-17/h3-4,12,14-15H,2,5-11,13H2,1H3,(H,22,27)/t15-/m0/s1. The predicted molar refractivity (Wildman–Crippen MR) is 108 cm³/mol. The van der Waals surface area contributed by atoms with Gasteiger partial charge in [-0.3, -0.25) is 9.59 Å².